The highest BCUT2D eigenvalue weighted by Gasteiger charge is 2.28. The van der Waals surface area contributed by atoms with E-state index in [0.717, 1.165) is 30.6 Å². The normalized spacial score (nSPS) is 27.6. The van der Waals surface area contributed by atoms with Crippen LogP contribution in [0.1, 0.15) is 55.3 Å². The Morgan fingerprint density at radius 2 is 2.19 bits per heavy atom. The van der Waals surface area contributed by atoms with Crippen LogP contribution < -0.4 is 5.32 Å². The van der Waals surface area contributed by atoms with Gasteiger partial charge in [0.15, 0.2) is 5.82 Å². The van der Waals surface area contributed by atoms with Gasteiger partial charge in [-0.3, -0.25) is 0 Å². The predicted molar refractivity (Wildman–Crippen MR) is 81.4 cm³/mol. The molecule has 0 saturated heterocycles. The molecule has 2 aromatic rings. The monoisotopic (exact) mass is 283 g/mol. The molecule has 1 aliphatic heterocycles. The van der Waals surface area contributed by atoms with Crippen LogP contribution in [0.4, 0.5) is 5.69 Å². The molecule has 2 heterocycles. The molecule has 4 heteroatoms. The second kappa shape index (κ2) is 5.17. The van der Waals surface area contributed by atoms with E-state index in [2.05, 4.69) is 46.6 Å². The zero-order valence-corrected chi connectivity index (χ0v) is 12.4. The summed E-state index contributed by atoms with van der Waals surface area (Å²) in [5, 5.41) is 7.67. The van der Waals surface area contributed by atoms with E-state index >= 15 is 0 Å². The summed E-state index contributed by atoms with van der Waals surface area (Å²) in [6, 6.07) is 8.49. The van der Waals surface area contributed by atoms with E-state index < -0.39 is 0 Å². The topological polar surface area (TPSA) is 51.0 Å². The van der Waals surface area contributed by atoms with Crippen molar-refractivity contribution in [3.05, 3.63) is 41.5 Å². The van der Waals surface area contributed by atoms with E-state index in [1.807, 2.05) is 0 Å². The summed E-state index contributed by atoms with van der Waals surface area (Å²) in [6.45, 7) is 3.26. The molecule has 0 bridgehead atoms. The third-order valence-corrected chi connectivity index (χ3v) is 4.90. The quantitative estimate of drug-likeness (QED) is 0.932. The molecular weight excluding hydrogens is 262 g/mol. The van der Waals surface area contributed by atoms with Crippen molar-refractivity contribution in [2.24, 2.45) is 5.92 Å². The van der Waals surface area contributed by atoms with Crippen molar-refractivity contribution in [3.8, 4) is 0 Å². The van der Waals surface area contributed by atoms with Crippen LogP contribution in [-0.2, 0) is 6.42 Å². The number of rotatable bonds is 3. The number of aromatic nitrogens is 2. The van der Waals surface area contributed by atoms with E-state index in [1.165, 1.54) is 30.5 Å². The van der Waals surface area contributed by atoms with Crippen LogP contribution in [0.2, 0.25) is 0 Å². The van der Waals surface area contributed by atoms with Gasteiger partial charge in [0, 0.05) is 30.5 Å². The summed E-state index contributed by atoms with van der Waals surface area (Å²) >= 11 is 0. The molecule has 1 aliphatic carbocycles. The first-order chi connectivity index (χ1) is 10.3. The lowest BCUT2D eigenvalue weighted by molar-refractivity contribution is 0.363. The van der Waals surface area contributed by atoms with Crippen molar-refractivity contribution in [1.82, 2.24) is 10.1 Å². The van der Waals surface area contributed by atoms with Gasteiger partial charge in [0.05, 0.1) is 0 Å². The van der Waals surface area contributed by atoms with Crippen molar-refractivity contribution >= 4 is 5.69 Å². The Balaban J connectivity index is 1.48. The van der Waals surface area contributed by atoms with Gasteiger partial charge in [-0.1, -0.05) is 30.3 Å². The Hall–Kier alpha value is -1.84. The van der Waals surface area contributed by atoms with Gasteiger partial charge in [-0.25, -0.2) is 0 Å². The molecule has 3 atom stereocenters. The molecule has 21 heavy (non-hydrogen) atoms. The van der Waals surface area contributed by atoms with Crippen molar-refractivity contribution in [1.29, 1.82) is 0 Å². The van der Waals surface area contributed by atoms with Crippen LogP contribution in [-0.4, -0.2) is 16.7 Å². The van der Waals surface area contributed by atoms with Crippen molar-refractivity contribution < 1.29 is 4.52 Å². The zero-order valence-electron chi connectivity index (χ0n) is 12.4. The molecule has 4 rings (SSSR count). The second-order valence-electron chi connectivity index (χ2n) is 6.53. The number of benzene rings is 1. The number of hydrogen-bond acceptors (Lipinski definition) is 4. The van der Waals surface area contributed by atoms with Crippen molar-refractivity contribution in [2.45, 2.75) is 44.4 Å². The highest BCUT2D eigenvalue weighted by atomic mass is 16.5. The Morgan fingerprint density at radius 1 is 1.29 bits per heavy atom. The number of para-hydroxylation sites is 1. The first kappa shape index (κ1) is 12.9. The highest BCUT2D eigenvalue weighted by molar-refractivity contribution is 5.57. The van der Waals surface area contributed by atoms with Gasteiger partial charge >= 0.3 is 0 Å². The third kappa shape index (κ3) is 2.43. The van der Waals surface area contributed by atoms with Gasteiger partial charge in [-0.2, -0.15) is 4.98 Å². The molecule has 4 nitrogen and oxygen atoms in total. The molecule has 1 aromatic heterocycles. The van der Waals surface area contributed by atoms with Crippen LogP contribution in [0.15, 0.2) is 28.8 Å². The van der Waals surface area contributed by atoms with Gasteiger partial charge in [0.25, 0.3) is 0 Å². The van der Waals surface area contributed by atoms with Crippen LogP contribution >= 0.6 is 0 Å². The largest absolute Gasteiger partial charge is 0.384 e. The number of nitrogens with zero attached hydrogens (tertiary/aromatic N) is 2. The summed E-state index contributed by atoms with van der Waals surface area (Å²) in [7, 11) is 0. The number of fused-ring (bicyclic) bond motifs is 1. The number of nitrogens with one attached hydrogen (secondary N) is 1. The molecule has 0 amide bonds. The maximum atomic E-state index is 5.50. The van der Waals surface area contributed by atoms with E-state index in [9.17, 15) is 0 Å². The molecule has 1 N–H and O–H groups in total. The molecule has 1 aromatic carbocycles. The second-order valence-corrected chi connectivity index (χ2v) is 6.53. The minimum Gasteiger partial charge on any atom is -0.384 e. The Labute approximate surface area is 124 Å². The number of anilines is 1. The Bertz CT molecular complexity index is 636. The predicted octanol–water partition coefficient (Wildman–Crippen LogP) is 3.73. The van der Waals surface area contributed by atoms with Gasteiger partial charge in [0.1, 0.15) is 0 Å². The fraction of sp³-hybridized carbons (Fsp3) is 0.529. The van der Waals surface area contributed by atoms with Gasteiger partial charge < -0.3 is 9.84 Å². The smallest absolute Gasteiger partial charge is 0.227 e. The van der Waals surface area contributed by atoms with Crippen molar-refractivity contribution in [2.75, 3.05) is 11.9 Å². The first-order valence-electron chi connectivity index (χ1n) is 7.95. The van der Waals surface area contributed by atoms with Gasteiger partial charge in [0.2, 0.25) is 5.89 Å². The van der Waals surface area contributed by atoms with Crippen LogP contribution in [0, 0.1) is 5.92 Å². The minimum absolute atomic E-state index is 0.442. The molecule has 0 spiro atoms. The average Bonchev–Trinajstić information content (AvgIpc) is 3.20. The molecule has 3 unspecified atom stereocenters. The molecular formula is C17H21N3O. The molecule has 2 aliphatic rings. The molecule has 0 radical (unpaired) electrons. The lowest BCUT2D eigenvalue weighted by atomic mass is 9.98. The maximum absolute atomic E-state index is 5.50. The average molecular weight is 283 g/mol. The molecule has 1 saturated carbocycles. The van der Waals surface area contributed by atoms with Crippen LogP contribution in [0.3, 0.4) is 0 Å². The minimum atomic E-state index is 0.442. The van der Waals surface area contributed by atoms with E-state index in [-0.39, 0.29) is 0 Å². The van der Waals surface area contributed by atoms with E-state index in [0.29, 0.717) is 11.8 Å². The van der Waals surface area contributed by atoms with Gasteiger partial charge in [-0.15, -0.1) is 0 Å². The summed E-state index contributed by atoms with van der Waals surface area (Å²) in [4.78, 5) is 4.66. The maximum Gasteiger partial charge on any atom is 0.227 e. The fourth-order valence-electron chi connectivity index (χ4n) is 3.71. The molecule has 1 fully saturated rings. The van der Waals surface area contributed by atoms with Crippen LogP contribution in [0.5, 0.6) is 0 Å². The first-order valence-corrected chi connectivity index (χ1v) is 7.95. The summed E-state index contributed by atoms with van der Waals surface area (Å²) in [5.41, 5.74) is 2.61. The highest BCUT2D eigenvalue weighted by Crippen LogP contribution is 2.37. The standard InChI is InChI=1S/C17H21N3O/c1-11-6-7-12(8-11)17-19-16(21-20-17)9-13-10-18-15-5-3-2-4-14(13)15/h2-5,11-13,18H,6-10H2,1H3. The number of hydrogen-bond donors (Lipinski definition) is 1. The third-order valence-electron chi connectivity index (χ3n) is 4.90. The molecule has 110 valence electrons. The van der Waals surface area contributed by atoms with E-state index in [1.54, 1.807) is 0 Å². The lowest BCUT2D eigenvalue weighted by Gasteiger charge is -2.06. The summed E-state index contributed by atoms with van der Waals surface area (Å²) in [6.07, 6.45) is 4.52. The van der Waals surface area contributed by atoms with Gasteiger partial charge in [-0.05, 0) is 36.8 Å². The Kier molecular flexibility index (Phi) is 3.17. The lowest BCUT2D eigenvalue weighted by Crippen LogP contribution is -2.06. The van der Waals surface area contributed by atoms with Crippen molar-refractivity contribution in [3.63, 3.8) is 0 Å². The Morgan fingerprint density at radius 3 is 3.05 bits per heavy atom. The van der Waals surface area contributed by atoms with E-state index in [4.69, 9.17) is 4.52 Å². The van der Waals surface area contributed by atoms with Crippen LogP contribution in [0.25, 0.3) is 0 Å². The summed E-state index contributed by atoms with van der Waals surface area (Å²) in [5.74, 6) is 3.45. The zero-order chi connectivity index (χ0) is 14.2. The summed E-state index contributed by atoms with van der Waals surface area (Å²) < 4.78 is 5.50. The SMILES string of the molecule is CC1CCC(c2noc(CC3CNc4ccccc43)n2)C1. The fourth-order valence-corrected chi connectivity index (χ4v) is 3.71.